The van der Waals surface area contributed by atoms with Gasteiger partial charge in [-0.2, -0.15) is 0 Å². The van der Waals surface area contributed by atoms with Gasteiger partial charge in [-0.05, 0) is 42.8 Å². The molecule has 7 heteroatoms. The molecule has 1 heterocycles. The first kappa shape index (κ1) is 20.2. The number of cyclic esters (lactones) is 1. The normalized spacial score (nSPS) is 16.3. The number of halogens is 1. The Balaban J connectivity index is 1.72. The number of hydrogen-bond acceptors (Lipinski definition) is 5. The number of rotatable bonds is 5. The van der Waals surface area contributed by atoms with Crippen LogP contribution in [-0.2, 0) is 19.1 Å². The molecule has 1 atom stereocenters. The van der Waals surface area contributed by atoms with Crippen molar-refractivity contribution in [2.75, 3.05) is 5.32 Å². The number of hydrogen-bond donors (Lipinski definition) is 1. The first-order chi connectivity index (χ1) is 13.8. The summed E-state index contributed by atoms with van der Waals surface area (Å²) in [5.74, 6) is -3.85. The van der Waals surface area contributed by atoms with E-state index in [4.69, 9.17) is 16.3 Å². The van der Waals surface area contributed by atoms with E-state index in [-0.39, 0.29) is 11.7 Å². The molecule has 0 bridgehead atoms. The Kier molecular flexibility index (Phi) is 6.04. The van der Waals surface area contributed by atoms with Gasteiger partial charge in [0.2, 0.25) is 0 Å². The highest BCUT2D eigenvalue weighted by Crippen LogP contribution is 2.19. The van der Waals surface area contributed by atoms with Gasteiger partial charge < -0.3 is 10.1 Å². The van der Waals surface area contributed by atoms with Gasteiger partial charge >= 0.3 is 5.97 Å². The molecule has 0 aromatic heterocycles. The summed E-state index contributed by atoms with van der Waals surface area (Å²) in [4.78, 5) is 48.3. The summed E-state index contributed by atoms with van der Waals surface area (Å²) >= 11 is 6.03. The molecule has 146 valence electrons. The second-order valence-electron chi connectivity index (χ2n) is 6.31. The number of benzene rings is 2. The highest BCUT2D eigenvalue weighted by Gasteiger charge is 2.36. The Morgan fingerprint density at radius 2 is 1.86 bits per heavy atom. The molecule has 0 radical (unpaired) electrons. The predicted octanol–water partition coefficient (Wildman–Crippen LogP) is 3.82. The summed E-state index contributed by atoms with van der Waals surface area (Å²) in [6.07, 6.45) is 3.73. The second-order valence-corrected chi connectivity index (χ2v) is 6.71. The summed E-state index contributed by atoms with van der Waals surface area (Å²) in [6, 6.07) is 13.4. The quantitative estimate of drug-likeness (QED) is 0.460. The summed E-state index contributed by atoms with van der Waals surface area (Å²) in [5.41, 5.74) is 1.43. The van der Waals surface area contributed by atoms with Gasteiger partial charge in [0.25, 0.3) is 5.91 Å². The molecule has 0 saturated carbocycles. The van der Waals surface area contributed by atoms with Crippen LogP contribution in [0.4, 0.5) is 5.69 Å². The molecule has 6 nitrogen and oxygen atoms in total. The second kappa shape index (κ2) is 8.67. The van der Waals surface area contributed by atoms with Gasteiger partial charge in [-0.15, -0.1) is 0 Å². The zero-order valence-corrected chi connectivity index (χ0v) is 16.1. The third kappa shape index (κ3) is 4.86. The van der Waals surface area contributed by atoms with Crippen LogP contribution < -0.4 is 5.32 Å². The van der Waals surface area contributed by atoms with E-state index in [2.05, 4.69) is 5.32 Å². The molecule has 2 aromatic carbocycles. The molecule has 0 unspecified atom stereocenters. The molecule has 2 aromatic rings. The first-order valence-corrected chi connectivity index (χ1v) is 9.04. The number of anilines is 1. The number of esters is 1. The molecule has 1 amide bonds. The van der Waals surface area contributed by atoms with Gasteiger partial charge in [-0.1, -0.05) is 41.9 Å². The van der Waals surface area contributed by atoms with Gasteiger partial charge in [0.15, 0.2) is 17.5 Å². The van der Waals surface area contributed by atoms with E-state index < -0.39 is 23.5 Å². The highest BCUT2D eigenvalue weighted by molar-refractivity contribution is 6.34. The largest absolute Gasteiger partial charge is 0.430 e. The molecule has 0 spiro atoms. The van der Waals surface area contributed by atoms with E-state index >= 15 is 0 Å². The summed E-state index contributed by atoms with van der Waals surface area (Å²) in [7, 11) is 0. The molecule has 1 aliphatic rings. The fourth-order valence-corrected chi connectivity index (χ4v) is 2.96. The van der Waals surface area contributed by atoms with Crippen molar-refractivity contribution in [3.8, 4) is 0 Å². The van der Waals surface area contributed by atoms with Crippen LogP contribution in [-0.4, -0.2) is 23.4 Å². The molecule has 0 saturated heterocycles. The smallest absolute Gasteiger partial charge is 0.329 e. The van der Waals surface area contributed by atoms with Crippen LogP contribution in [0.3, 0.4) is 0 Å². The number of carbonyl (C=O) groups is 4. The molecule has 0 aliphatic carbocycles. The molecular weight excluding hydrogens is 394 g/mol. The maximum Gasteiger partial charge on any atom is 0.329 e. The van der Waals surface area contributed by atoms with E-state index in [1.165, 1.54) is 13.0 Å². The van der Waals surface area contributed by atoms with Crippen LogP contribution in [0.15, 0.2) is 66.4 Å². The fraction of sp³-hybridized carbons (Fsp3) is 0.0909. The molecule has 1 aliphatic heterocycles. The maximum atomic E-state index is 12.4. The van der Waals surface area contributed by atoms with Crippen LogP contribution >= 0.6 is 11.6 Å². The molecule has 1 N–H and O–H groups in total. The lowest BCUT2D eigenvalue weighted by Gasteiger charge is -2.15. The van der Waals surface area contributed by atoms with Crippen LogP contribution in [0.2, 0.25) is 5.02 Å². The van der Waals surface area contributed by atoms with Crippen LogP contribution in [0.25, 0.3) is 6.08 Å². The van der Waals surface area contributed by atoms with Crippen molar-refractivity contribution in [3.63, 3.8) is 0 Å². The minimum Gasteiger partial charge on any atom is -0.430 e. The number of amides is 1. The summed E-state index contributed by atoms with van der Waals surface area (Å²) < 4.78 is 4.85. The number of ether oxygens (including phenoxy) is 1. The molecule has 29 heavy (non-hydrogen) atoms. The predicted molar refractivity (Wildman–Crippen MR) is 108 cm³/mol. The van der Waals surface area contributed by atoms with Crippen LogP contribution in [0.1, 0.15) is 22.8 Å². The van der Waals surface area contributed by atoms with Crippen molar-refractivity contribution in [1.29, 1.82) is 0 Å². The Labute approximate surface area is 171 Å². The Bertz CT molecular complexity index is 1070. The lowest BCUT2D eigenvalue weighted by molar-refractivity contribution is -0.151. The van der Waals surface area contributed by atoms with Crippen LogP contribution in [0, 0.1) is 5.92 Å². The Hall–Kier alpha value is -3.51. The number of allylic oxidation sites excluding steroid dienone is 3. The van der Waals surface area contributed by atoms with Gasteiger partial charge in [-0.3, -0.25) is 19.2 Å². The van der Waals surface area contributed by atoms with Gasteiger partial charge in [0.05, 0.1) is 10.6 Å². The molecule has 0 fully saturated rings. The Morgan fingerprint density at radius 3 is 2.59 bits per heavy atom. The van der Waals surface area contributed by atoms with Gasteiger partial charge in [-0.25, -0.2) is 0 Å². The summed E-state index contributed by atoms with van der Waals surface area (Å²) in [5, 5.41) is 3.06. The van der Waals surface area contributed by atoms with Crippen molar-refractivity contribution in [1.82, 2.24) is 0 Å². The van der Waals surface area contributed by atoms with E-state index in [0.717, 1.165) is 12.2 Å². The number of nitrogens with one attached hydrogen (secondary N) is 1. The standard InChI is InChI=1S/C22H16ClNO5/c1-13-11-19(26)20(22(28)29-13)18(25)10-9-14-5-4-6-15(12-14)24-21(27)16-7-2-3-8-17(16)23/h2-12,20H,1H3,(H,24,27)/b10-9-/t20-/m0/s1. The third-order valence-corrected chi connectivity index (χ3v) is 4.44. The van der Waals surface area contributed by atoms with Crippen molar-refractivity contribution in [2.45, 2.75) is 6.92 Å². The minimum absolute atomic E-state index is 0.162. The van der Waals surface area contributed by atoms with E-state index in [0.29, 0.717) is 21.8 Å². The minimum atomic E-state index is -1.49. The van der Waals surface area contributed by atoms with Crippen molar-refractivity contribution in [3.05, 3.63) is 82.6 Å². The number of carbonyl (C=O) groups excluding carboxylic acids is 4. The number of ketones is 2. The third-order valence-electron chi connectivity index (χ3n) is 4.11. The van der Waals surface area contributed by atoms with Gasteiger partial charge in [0.1, 0.15) is 5.76 Å². The maximum absolute atomic E-state index is 12.4. The van der Waals surface area contributed by atoms with Gasteiger partial charge in [0, 0.05) is 11.8 Å². The van der Waals surface area contributed by atoms with Crippen LogP contribution in [0.5, 0.6) is 0 Å². The first-order valence-electron chi connectivity index (χ1n) is 8.67. The monoisotopic (exact) mass is 409 g/mol. The van der Waals surface area contributed by atoms with Crippen molar-refractivity contribution >= 4 is 46.8 Å². The lowest BCUT2D eigenvalue weighted by Crippen LogP contribution is -2.34. The zero-order chi connectivity index (χ0) is 21.0. The highest BCUT2D eigenvalue weighted by atomic mass is 35.5. The van der Waals surface area contributed by atoms with Crippen molar-refractivity contribution < 1.29 is 23.9 Å². The van der Waals surface area contributed by atoms with Crippen molar-refractivity contribution in [2.24, 2.45) is 5.92 Å². The average Bonchev–Trinajstić information content (AvgIpc) is 2.66. The fourth-order valence-electron chi connectivity index (χ4n) is 2.74. The van der Waals surface area contributed by atoms with E-state index in [1.54, 1.807) is 48.5 Å². The van der Waals surface area contributed by atoms with E-state index in [9.17, 15) is 19.2 Å². The topological polar surface area (TPSA) is 89.5 Å². The zero-order valence-electron chi connectivity index (χ0n) is 15.3. The molecule has 3 rings (SSSR count). The SMILES string of the molecule is CC1=CC(=O)[C@H](C(=O)/C=C\c2cccc(NC(=O)c3ccccc3Cl)c2)C(=O)O1. The lowest BCUT2D eigenvalue weighted by atomic mass is 9.96. The summed E-state index contributed by atoms with van der Waals surface area (Å²) in [6.45, 7) is 1.47. The molecular formula is C22H16ClNO5. The Morgan fingerprint density at radius 1 is 1.10 bits per heavy atom. The van der Waals surface area contributed by atoms with E-state index in [1.807, 2.05) is 0 Å². The average molecular weight is 410 g/mol.